The van der Waals surface area contributed by atoms with E-state index in [1.54, 1.807) is 7.11 Å². The number of methoxy groups -OCH3 is 1. The van der Waals surface area contributed by atoms with Gasteiger partial charge in [-0.1, -0.05) is 24.4 Å². The average molecular weight is 297 g/mol. The predicted octanol–water partition coefficient (Wildman–Crippen LogP) is 3.26. The van der Waals surface area contributed by atoms with Crippen LogP contribution < -0.4 is 4.90 Å². The van der Waals surface area contributed by atoms with Crippen LogP contribution in [0.4, 0.5) is 5.69 Å². The van der Waals surface area contributed by atoms with Crippen molar-refractivity contribution < 1.29 is 19.6 Å². The van der Waals surface area contributed by atoms with E-state index in [0.29, 0.717) is 13.2 Å². The number of hydrogen-bond donors (Lipinski definition) is 0. The summed E-state index contributed by atoms with van der Waals surface area (Å²) in [5.74, 6) is 0. The van der Waals surface area contributed by atoms with Crippen LogP contribution in [0, 0.1) is 6.92 Å². The Balaban J connectivity index is 2.75. The van der Waals surface area contributed by atoms with Gasteiger partial charge in [-0.25, -0.2) is 9.78 Å². The van der Waals surface area contributed by atoms with Crippen molar-refractivity contribution in [1.29, 1.82) is 0 Å². The molecule has 0 aliphatic carbocycles. The number of nitrogens with zero attached hydrogens (tertiary/aromatic N) is 1. The Morgan fingerprint density at radius 2 is 1.90 bits per heavy atom. The van der Waals surface area contributed by atoms with E-state index in [9.17, 15) is 0 Å². The summed E-state index contributed by atoms with van der Waals surface area (Å²) < 4.78 is 5.23. The zero-order valence-electron chi connectivity index (χ0n) is 13.6. The number of rotatable bonds is 11. The lowest BCUT2D eigenvalue weighted by atomic mass is 10.1. The molecule has 0 N–H and O–H groups in total. The predicted molar refractivity (Wildman–Crippen MR) is 83.1 cm³/mol. The average Bonchev–Trinajstić information content (AvgIpc) is 2.46. The normalized spacial score (nSPS) is 10.9. The number of hydrogen-bond acceptors (Lipinski definition) is 5. The van der Waals surface area contributed by atoms with Gasteiger partial charge in [0.15, 0.2) is 0 Å². The van der Waals surface area contributed by atoms with Gasteiger partial charge in [-0.15, -0.1) is 0 Å². The Bertz CT molecular complexity index is 398. The first-order chi connectivity index (χ1) is 10.2. The first-order valence-corrected chi connectivity index (χ1v) is 7.38. The van der Waals surface area contributed by atoms with Crippen molar-refractivity contribution in [1.82, 2.24) is 0 Å². The summed E-state index contributed by atoms with van der Waals surface area (Å²) in [5, 5.41) is 4.46. The molecule has 0 aliphatic rings. The number of unbranched alkanes of at least 4 members (excludes halogenated alkanes) is 1. The van der Waals surface area contributed by atoms with Crippen molar-refractivity contribution in [3.8, 4) is 0 Å². The molecule has 0 saturated heterocycles. The Morgan fingerprint density at radius 1 is 1.10 bits per heavy atom. The molecule has 0 spiro atoms. The molecular formula is C16H27NO4. The molecule has 0 atom stereocenters. The summed E-state index contributed by atoms with van der Waals surface area (Å²) in [5.41, 5.74) is 3.61. The standard InChI is InChI=1S/C16H27NO4/c1-5-6-7-17(8-9-20-21-19-4)16-11-14(2)10-15(12-16)13-18-3/h10-12H,5-9,13H2,1-4H3. The number of benzene rings is 1. The summed E-state index contributed by atoms with van der Waals surface area (Å²) in [4.78, 5) is 11.7. The molecule has 120 valence electrons. The number of aryl methyl sites for hydroxylation is 1. The fourth-order valence-corrected chi connectivity index (χ4v) is 2.22. The molecule has 0 saturated carbocycles. The molecular weight excluding hydrogens is 270 g/mol. The highest BCUT2D eigenvalue weighted by Gasteiger charge is 2.08. The SMILES string of the molecule is CCCCN(CCOOOC)c1cc(C)cc(COC)c1. The second-order valence-electron chi connectivity index (χ2n) is 5.01. The van der Waals surface area contributed by atoms with Gasteiger partial charge in [0.25, 0.3) is 0 Å². The molecule has 0 heterocycles. The summed E-state index contributed by atoms with van der Waals surface area (Å²) in [6.07, 6.45) is 2.29. The molecule has 0 unspecified atom stereocenters. The highest BCUT2D eigenvalue weighted by Crippen LogP contribution is 2.20. The topological polar surface area (TPSA) is 40.2 Å². The Hall–Kier alpha value is -1.14. The monoisotopic (exact) mass is 297 g/mol. The van der Waals surface area contributed by atoms with Gasteiger partial charge in [0.2, 0.25) is 0 Å². The maximum Gasteiger partial charge on any atom is 0.103 e. The van der Waals surface area contributed by atoms with Gasteiger partial charge in [0, 0.05) is 25.9 Å². The summed E-state index contributed by atoms with van der Waals surface area (Å²) in [6.45, 7) is 7.10. The van der Waals surface area contributed by atoms with Crippen molar-refractivity contribution in [2.24, 2.45) is 0 Å². The van der Waals surface area contributed by atoms with Crippen LogP contribution in [0.5, 0.6) is 0 Å². The fourth-order valence-electron chi connectivity index (χ4n) is 2.22. The van der Waals surface area contributed by atoms with Crippen LogP contribution in [-0.2, 0) is 26.2 Å². The van der Waals surface area contributed by atoms with Crippen LogP contribution in [0.3, 0.4) is 0 Å². The number of anilines is 1. The lowest BCUT2D eigenvalue weighted by Crippen LogP contribution is -2.28. The molecule has 0 amide bonds. The van der Waals surface area contributed by atoms with Crippen molar-refractivity contribution in [2.45, 2.75) is 33.3 Å². The zero-order valence-corrected chi connectivity index (χ0v) is 13.6. The quantitative estimate of drug-likeness (QED) is 0.356. The minimum atomic E-state index is 0.450. The smallest absolute Gasteiger partial charge is 0.103 e. The molecule has 21 heavy (non-hydrogen) atoms. The number of ether oxygens (including phenoxy) is 1. The highest BCUT2D eigenvalue weighted by molar-refractivity contribution is 5.51. The fraction of sp³-hybridized carbons (Fsp3) is 0.625. The first kappa shape index (κ1) is 17.9. The molecule has 0 radical (unpaired) electrons. The van der Waals surface area contributed by atoms with Gasteiger partial charge in [-0.2, -0.15) is 0 Å². The maximum atomic E-state index is 5.23. The summed E-state index contributed by atoms with van der Waals surface area (Å²) in [6, 6.07) is 6.50. The van der Waals surface area contributed by atoms with Gasteiger partial charge in [0.05, 0.1) is 13.7 Å². The Kier molecular flexibility index (Phi) is 9.01. The Labute approximate surface area is 127 Å². The third-order valence-corrected chi connectivity index (χ3v) is 3.14. The van der Waals surface area contributed by atoms with E-state index in [2.05, 4.69) is 46.9 Å². The lowest BCUT2D eigenvalue weighted by Gasteiger charge is -2.25. The molecule has 0 aromatic heterocycles. The van der Waals surface area contributed by atoms with E-state index in [0.717, 1.165) is 25.9 Å². The van der Waals surface area contributed by atoms with Gasteiger partial charge < -0.3 is 9.64 Å². The molecule has 0 bridgehead atoms. The second kappa shape index (κ2) is 10.6. The molecule has 1 rings (SSSR count). The van der Waals surface area contributed by atoms with Gasteiger partial charge >= 0.3 is 0 Å². The van der Waals surface area contributed by atoms with E-state index >= 15 is 0 Å². The van der Waals surface area contributed by atoms with Crippen LogP contribution in [0.15, 0.2) is 18.2 Å². The third-order valence-electron chi connectivity index (χ3n) is 3.14. The summed E-state index contributed by atoms with van der Waals surface area (Å²) >= 11 is 0. The van der Waals surface area contributed by atoms with E-state index < -0.39 is 0 Å². The van der Waals surface area contributed by atoms with Crippen molar-refractivity contribution in [3.05, 3.63) is 29.3 Å². The van der Waals surface area contributed by atoms with Crippen LogP contribution in [0.25, 0.3) is 0 Å². The second-order valence-corrected chi connectivity index (χ2v) is 5.01. The molecule has 1 aromatic carbocycles. The Morgan fingerprint density at radius 3 is 2.57 bits per heavy atom. The largest absolute Gasteiger partial charge is 0.380 e. The molecule has 5 heteroatoms. The van der Waals surface area contributed by atoms with Crippen molar-refractivity contribution in [2.75, 3.05) is 38.8 Å². The third kappa shape index (κ3) is 6.91. The zero-order chi connectivity index (χ0) is 15.5. The van der Waals surface area contributed by atoms with E-state index in [4.69, 9.17) is 9.62 Å². The van der Waals surface area contributed by atoms with Gasteiger partial charge in [-0.3, -0.25) is 0 Å². The molecule has 0 fully saturated rings. The molecule has 0 aliphatic heterocycles. The summed E-state index contributed by atoms with van der Waals surface area (Å²) in [7, 11) is 3.14. The van der Waals surface area contributed by atoms with E-state index in [1.165, 1.54) is 23.9 Å². The van der Waals surface area contributed by atoms with Crippen molar-refractivity contribution in [3.63, 3.8) is 0 Å². The highest BCUT2D eigenvalue weighted by atomic mass is 17.5. The van der Waals surface area contributed by atoms with Crippen LogP contribution >= 0.6 is 0 Å². The minimum absolute atomic E-state index is 0.450. The minimum Gasteiger partial charge on any atom is -0.380 e. The van der Waals surface area contributed by atoms with Crippen LogP contribution in [0.1, 0.15) is 30.9 Å². The van der Waals surface area contributed by atoms with Crippen LogP contribution in [0.2, 0.25) is 0 Å². The van der Waals surface area contributed by atoms with E-state index in [-0.39, 0.29) is 0 Å². The molecule has 1 aromatic rings. The lowest BCUT2D eigenvalue weighted by molar-refractivity contribution is -0.501. The van der Waals surface area contributed by atoms with Crippen molar-refractivity contribution >= 4 is 5.69 Å². The van der Waals surface area contributed by atoms with Crippen LogP contribution in [-0.4, -0.2) is 33.9 Å². The molecule has 5 nitrogen and oxygen atoms in total. The van der Waals surface area contributed by atoms with E-state index in [1.807, 2.05) is 0 Å². The first-order valence-electron chi connectivity index (χ1n) is 7.38. The maximum absolute atomic E-state index is 5.23. The van der Waals surface area contributed by atoms with Gasteiger partial charge in [-0.05, 0) is 36.6 Å². The van der Waals surface area contributed by atoms with Gasteiger partial charge in [0.1, 0.15) is 6.61 Å².